The summed E-state index contributed by atoms with van der Waals surface area (Å²) in [6.07, 6.45) is 0. The van der Waals surface area contributed by atoms with Crippen LogP contribution < -0.4 is 11.5 Å². The molecule has 0 saturated heterocycles. The van der Waals surface area contributed by atoms with Gasteiger partial charge in [-0.25, -0.2) is 0 Å². The van der Waals surface area contributed by atoms with Gasteiger partial charge in [0.2, 0.25) is 22.5 Å². The van der Waals surface area contributed by atoms with Crippen molar-refractivity contribution < 1.29 is 0 Å². The van der Waals surface area contributed by atoms with Crippen LogP contribution in [-0.2, 0) is 0 Å². The summed E-state index contributed by atoms with van der Waals surface area (Å²) in [5.74, 6) is 0.159. The first-order valence-electron chi connectivity index (χ1n) is 6.02. The van der Waals surface area contributed by atoms with E-state index in [4.69, 9.17) is 57.9 Å². The average Bonchev–Trinajstić information content (AvgIpc) is 3.01. The Morgan fingerprint density at radius 1 is 0.583 bits per heavy atom. The summed E-state index contributed by atoms with van der Waals surface area (Å²) in [7, 11) is 0. The Hall–Kier alpha value is -2.14. The normalized spacial score (nSPS) is 10.8. The van der Waals surface area contributed by atoms with Crippen LogP contribution in [-0.4, -0.2) is 39.9 Å². The summed E-state index contributed by atoms with van der Waals surface area (Å²) in [5, 5.41) is 0.868. The highest BCUT2D eigenvalue weighted by Crippen LogP contribution is 2.21. The Kier molecular flexibility index (Phi) is 4.45. The summed E-state index contributed by atoms with van der Waals surface area (Å²) < 4.78 is 0. The van der Waals surface area contributed by atoms with Crippen LogP contribution >= 0.6 is 46.4 Å². The van der Waals surface area contributed by atoms with Crippen molar-refractivity contribution in [2.45, 2.75) is 0 Å². The molecule has 0 atom stereocenters. The number of aromatic nitrogens is 8. The van der Waals surface area contributed by atoms with Crippen molar-refractivity contribution in [3.05, 3.63) is 20.9 Å². The van der Waals surface area contributed by atoms with Crippen LogP contribution in [0.25, 0.3) is 22.3 Å². The lowest BCUT2D eigenvalue weighted by atomic mass is 10.6. The van der Waals surface area contributed by atoms with Crippen LogP contribution in [0.15, 0.2) is 0 Å². The molecule has 14 heteroatoms. The Balaban J connectivity index is 0.000000141. The molecule has 124 valence electrons. The van der Waals surface area contributed by atoms with Gasteiger partial charge in [0.25, 0.3) is 0 Å². The maximum atomic E-state index is 5.71. The standard InChI is InChI=1S/2C5H3Cl2N5/c2*6-2-1-3(11-4(7)9-1)12-5(8)10-2/h2*(H3,8,9,10,11,12). The number of nitrogens with two attached hydrogens (primary N) is 2. The van der Waals surface area contributed by atoms with E-state index in [1.807, 2.05) is 0 Å². The molecule has 0 saturated carbocycles. The van der Waals surface area contributed by atoms with E-state index in [1.165, 1.54) is 0 Å². The lowest BCUT2D eigenvalue weighted by molar-refractivity contribution is 1.22. The summed E-state index contributed by atoms with van der Waals surface area (Å²) >= 11 is 22.6. The van der Waals surface area contributed by atoms with Gasteiger partial charge in [-0.1, -0.05) is 23.2 Å². The molecule has 4 aromatic rings. The first-order chi connectivity index (χ1) is 11.3. The van der Waals surface area contributed by atoms with E-state index in [2.05, 4.69) is 39.9 Å². The minimum absolute atomic E-state index is 0.0793. The first-order valence-corrected chi connectivity index (χ1v) is 7.53. The van der Waals surface area contributed by atoms with Crippen LogP contribution in [0.3, 0.4) is 0 Å². The molecule has 24 heavy (non-hydrogen) atoms. The third-order valence-corrected chi connectivity index (χ3v) is 3.50. The fourth-order valence-corrected chi connectivity index (χ4v) is 2.49. The Labute approximate surface area is 152 Å². The monoisotopic (exact) mass is 406 g/mol. The van der Waals surface area contributed by atoms with Gasteiger partial charge in [0.1, 0.15) is 11.0 Å². The van der Waals surface area contributed by atoms with Gasteiger partial charge in [-0.15, -0.1) is 0 Å². The smallest absolute Gasteiger partial charge is 0.223 e. The fourth-order valence-electron chi connectivity index (χ4n) is 1.70. The highest BCUT2D eigenvalue weighted by molar-refractivity contribution is 6.35. The van der Waals surface area contributed by atoms with Crippen molar-refractivity contribution in [1.82, 2.24) is 39.9 Å². The minimum atomic E-state index is 0.0793. The molecule has 0 aromatic carbocycles. The number of hydrogen-bond acceptors (Lipinski definition) is 8. The summed E-state index contributed by atoms with van der Waals surface area (Å²) in [4.78, 5) is 28.1. The molecule has 4 rings (SSSR count). The van der Waals surface area contributed by atoms with Crippen LogP contribution in [0.2, 0.25) is 20.9 Å². The number of imidazole rings is 2. The molecule has 6 N–H and O–H groups in total. The number of nitrogens with zero attached hydrogens (tertiary/aromatic N) is 6. The van der Waals surface area contributed by atoms with Gasteiger partial charge in [0.05, 0.1) is 0 Å². The van der Waals surface area contributed by atoms with E-state index in [9.17, 15) is 0 Å². The number of fused-ring (bicyclic) bond motifs is 2. The van der Waals surface area contributed by atoms with Gasteiger partial charge in [0.15, 0.2) is 21.6 Å². The van der Waals surface area contributed by atoms with Crippen molar-refractivity contribution in [3.8, 4) is 0 Å². The van der Waals surface area contributed by atoms with E-state index < -0.39 is 0 Å². The third kappa shape index (κ3) is 3.36. The molecule has 0 aliphatic rings. The lowest BCUT2D eigenvalue weighted by Gasteiger charge is -1.92. The zero-order valence-corrected chi connectivity index (χ0v) is 14.4. The second kappa shape index (κ2) is 6.40. The second-order valence-corrected chi connectivity index (χ2v) is 5.63. The van der Waals surface area contributed by atoms with E-state index in [0.29, 0.717) is 22.3 Å². The number of halogens is 4. The van der Waals surface area contributed by atoms with Gasteiger partial charge in [0, 0.05) is 0 Å². The quantitative estimate of drug-likeness (QED) is 0.255. The molecule has 0 radical (unpaired) electrons. The van der Waals surface area contributed by atoms with Gasteiger partial charge < -0.3 is 21.4 Å². The second-order valence-electron chi connectivity index (χ2n) is 4.20. The Morgan fingerprint density at radius 2 is 0.958 bits per heavy atom. The SMILES string of the molecule is Nc1nc(Cl)c2[nH]c(Cl)nc2n1.Nc1nc(Cl)c2[nH]c(Cl)nc2n1. The molecule has 0 aliphatic heterocycles. The van der Waals surface area contributed by atoms with Gasteiger partial charge in [-0.3, -0.25) is 0 Å². The molecule has 4 heterocycles. The number of anilines is 2. The zero-order chi connectivity index (χ0) is 17.4. The molecule has 4 aromatic heterocycles. The molecule has 0 unspecified atom stereocenters. The van der Waals surface area contributed by atoms with E-state index in [-0.39, 0.29) is 32.8 Å². The van der Waals surface area contributed by atoms with E-state index >= 15 is 0 Å². The molecule has 0 amide bonds. The molecular formula is C10H6Cl4N10. The fraction of sp³-hybridized carbons (Fsp3) is 0. The number of nitrogens with one attached hydrogen (secondary N) is 2. The summed E-state index contributed by atoms with van der Waals surface area (Å²) in [6, 6.07) is 0. The van der Waals surface area contributed by atoms with Gasteiger partial charge in [-0.2, -0.15) is 29.9 Å². The highest BCUT2D eigenvalue weighted by Gasteiger charge is 2.08. The largest absolute Gasteiger partial charge is 0.368 e. The number of hydrogen-bond donors (Lipinski definition) is 4. The summed E-state index contributed by atoms with van der Waals surface area (Å²) in [6.45, 7) is 0. The van der Waals surface area contributed by atoms with Crippen LogP contribution in [0.4, 0.5) is 11.9 Å². The first kappa shape index (κ1) is 16.7. The van der Waals surface area contributed by atoms with Crippen LogP contribution in [0.1, 0.15) is 0 Å². The third-order valence-electron chi connectivity index (χ3n) is 2.59. The Bertz CT molecular complexity index is 957. The minimum Gasteiger partial charge on any atom is -0.368 e. The highest BCUT2D eigenvalue weighted by atomic mass is 35.5. The van der Waals surface area contributed by atoms with E-state index in [0.717, 1.165) is 0 Å². The van der Waals surface area contributed by atoms with E-state index in [1.54, 1.807) is 0 Å². The maximum absolute atomic E-state index is 5.71. The predicted molar refractivity (Wildman–Crippen MR) is 92.2 cm³/mol. The molecule has 0 fully saturated rings. The zero-order valence-electron chi connectivity index (χ0n) is 11.3. The van der Waals surface area contributed by atoms with Crippen molar-refractivity contribution in [1.29, 1.82) is 0 Å². The van der Waals surface area contributed by atoms with Gasteiger partial charge in [-0.05, 0) is 23.2 Å². The lowest BCUT2D eigenvalue weighted by Crippen LogP contribution is -1.94. The van der Waals surface area contributed by atoms with Crippen molar-refractivity contribution in [2.24, 2.45) is 0 Å². The van der Waals surface area contributed by atoms with Crippen molar-refractivity contribution in [2.75, 3.05) is 11.5 Å². The predicted octanol–water partition coefficient (Wildman–Crippen LogP) is 2.48. The number of aromatic amines is 2. The van der Waals surface area contributed by atoms with Crippen molar-refractivity contribution >= 4 is 80.6 Å². The molecule has 0 aliphatic carbocycles. The molecule has 0 bridgehead atoms. The number of rotatable bonds is 0. The average molecular weight is 408 g/mol. The van der Waals surface area contributed by atoms with Crippen molar-refractivity contribution in [3.63, 3.8) is 0 Å². The van der Waals surface area contributed by atoms with Gasteiger partial charge >= 0.3 is 0 Å². The number of nitrogen functional groups attached to an aromatic ring is 2. The molecule has 10 nitrogen and oxygen atoms in total. The number of H-pyrrole nitrogens is 2. The molecular weight excluding hydrogens is 402 g/mol. The summed E-state index contributed by atoms with van der Waals surface area (Å²) in [5.41, 5.74) is 12.4. The van der Waals surface area contributed by atoms with Crippen LogP contribution in [0.5, 0.6) is 0 Å². The van der Waals surface area contributed by atoms with Crippen LogP contribution in [0, 0.1) is 0 Å². The topological polar surface area (TPSA) is 161 Å². The molecule has 0 spiro atoms. The maximum Gasteiger partial charge on any atom is 0.223 e. The Morgan fingerprint density at radius 3 is 1.33 bits per heavy atom.